The first-order valence-corrected chi connectivity index (χ1v) is 8.83. The van der Waals surface area contributed by atoms with Crippen LogP contribution in [0.4, 0.5) is 0 Å². The van der Waals surface area contributed by atoms with E-state index in [0.29, 0.717) is 29.3 Å². The number of amides is 1. The predicted octanol–water partition coefficient (Wildman–Crippen LogP) is 3.70. The first kappa shape index (κ1) is 18.3. The van der Waals surface area contributed by atoms with Crippen molar-refractivity contribution in [2.24, 2.45) is 0 Å². The van der Waals surface area contributed by atoms with Crippen molar-refractivity contribution in [2.45, 2.75) is 25.5 Å². The molecule has 2 aromatic carbocycles. The predicted molar refractivity (Wildman–Crippen MR) is 98.3 cm³/mol. The lowest BCUT2D eigenvalue weighted by Gasteiger charge is -2.24. The van der Waals surface area contributed by atoms with Crippen LogP contribution >= 0.6 is 11.6 Å². The van der Waals surface area contributed by atoms with Gasteiger partial charge in [-0.25, -0.2) is 4.79 Å². The van der Waals surface area contributed by atoms with Crippen molar-refractivity contribution < 1.29 is 19.1 Å². The monoisotopic (exact) mass is 373 g/mol. The summed E-state index contributed by atoms with van der Waals surface area (Å²) in [6.45, 7) is 0.693. The van der Waals surface area contributed by atoms with E-state index in [9.17, 15) is 9.59 Å². The highest BCUT2D eigenvalue weighted by Crippen LogP contribution is 2.28. The van der Waals surface area contributed by atoms with E-state index in [1.807, 2.05) is 30.3 Å². The summed E-state index contributed by atoms with van der Waals surface area (Å²) in [7, 11) is 1.50. The van der Waals surface area contributed by atoms with Crippen LogP contribution in [-0.4, -0.2) is 36.5 Å². The number of methoxy groups -OCH3 is 1. The summed E-state index contributed by atoms with van der Waals surface area (Å²) < 4.78 is 10.7. The van der Waals surface area contributed by atoms with Crippen molar-refractivity contribution in [1.29, 1.82) is 0 Å². The van der Waals surface area contributed by atoms with Crippen LogP contribution in [0.25, 0.3) is 0 Å². The summed E-state index contributed by atoms with van der Waals surface area (Å²) in [5.74, 6) is -0.230. The molecule has 1 aliphatic rings. The summed E-state index contributed by atoms with van der Waals surface area (Å²) >= 11 is 6.02. The fourth-order valence-corrected chi connectivity index (χ4v) is 3.25. The highest BCUT2D eigenvalue weighted by atomic mass is 35.5. The lowest BCUT2D eigenvalue weighted by atomic mass is 10.1. The summed E-state index contributed by atoms with van der Waals surface area (Å²) in [4.78, 5) is 27.0. The van der Waals surface area contributed by atoms with Gasteiger partial charge in [-0.2, -0.15) is 0 Å². The van der Waals surface area contributed by atoms with Gasteiger partial charge in [-0.3, -0.25) is 4.79 Å². The maximum atomic E-state index is 12.9. The van der Waals surface area contributed by atoms with Crippen molar-refractivity contribution in [2.75, 3.05) is 13.7 Å². The SMILES string of the molecule is COc1ccc(Cl)cc1C(=O)N1CCC[C@@H]1C(=O)OCc1ccccc1. The van der Waals surface area contributed by atoms with E-state index in [1.165, 1.54) is 7.11 Å². The highest BCUT2D eigenvalue weighted by molar-refractivity contribution is 6.31. The maximum Gasteiger partial charge on any atom is 0.329 e. The normalized spacial score (nSPS) is 16.4. The Hall–Kier alpha value is -2.53. The van der Waals surface area contributed by atoms with Crippen LogP contribution in [0.2, 0.25) is 5.02 Å². The van der Waals surface area contributed by atoms with Crippen LogP contribution in [0.1, 0.15) is 28.8 Å². The zero-order valence-corrected chi connectivity index (χ0v) is 15.2. The first-order chi connectivity index (χ1) is 12.6. The highest BCUT2D eigenvalue weighted by Gasteiger charge is 2.36. The minimum absolute atomic E-state index is 0.193. The van der Waals surface area contributed by atoms with Gasteiger partial charge < -0.3 is 14.4 Å². The van der Waals surface area contributed by atoms with Gasteiger partial charge in [0.05, 0.1) is 12.7 Å². The number of rotatable bonds is 5. The zero-order valence-electron chi connectivity index (χ0n) is 14.5. The number of ether oxygens (including phenoxy) is 2. The van der Waals surface area contributed by atoms with Gasteiger partial charge in [0, 0.05) is 11.6 Å². The van der Waals surface area contributed by atoms with Crippen molar-refractivity contribution in [3.8, 4) is 5.75 Å². The second-order valence-electron chi connectivity index (χ2n) is 6.09. The lowest BCUT2D eigenvalue weighted by molar-refractivity contribution is -0.149. The van der Waals surface area contributed by atoms with Gasteiger partial charge in [0.2, 0.25) is 0 Å². The largest absolute Gasteiger partial charge is 0.496 e. The van der Waals surface area contributed by atoms with Crippen LogP contribution < -0.4 is 4.74 Å². The molecule has 1 fully saturated rings. The molecule has 1 saturated heterocycles. The molecule has 1 aliphatic heterocycles. The third kappa shape index (κ3) is 3.99. The molecule has 1 atom stereocenters. The molecule has 26 heavy (non-hydrogen) atoms. The number of carbonyl (C=O) groups is 2. The second kappa shape index (κ2) is 8.23. The van der Waals surface area contributed by atoms with Gasteiger partial charge >= 0.3 is 5.97 Å². The van der Waals surface area contributed by atoms with Crippen molar-refractivity contribution >= 4 is 23.5 Å². The molecule has 0 spiro atoms. The van der Waals surface area contributed by atoms with Crippen molar-refractivity contribution in [3.05, 3.63) is 64.7 Å². The molecular formula is C20H20ClNO4. The molecule has 1 amide bonds. The van der Waals surface area contributed by atoms with E-state index in [4.69, 9.17) is 21.1 Å². The zero-order chi connectivity index (χ0) is 18.5. The van der Waals surface area contributed by atoms with E-state index < -0.39 is 6.04 Å². The van der Waals surface area contributed by atoms with E-state index in [2.05, 4.69) is 0 Å². The Labute approximate surface area is 157 Å². The average Bonchev–Trinajstić information content (AvgIpc) is 3.16. The lowest BCUT2D eigenvalue weighted by Crippen LogP contribution is -2.41. The molecule has 136 valence electrons. The Balaban J connectivity index is 1.72. The molecule has 0 aliphatic carbocycles. The number of hydrogen-bond donors (Lipinski definition) is 0. The van der Waals surface area contributed by atoms with E-state index in [-0.39, 0.29) is 18.5 Å². The topological polar surface area (TPSA) is 55.8 Å². The van der Waals surface area contributed by atoms with E-state index in [0.717, 1.165) is 12.0 Å². The van der Waals surface area contributed by atoms with Crippen LogP contribution in [0.15, 0.2) is 48.5 Å². The van der Waals surface area contributed by atoms with Gasteiger partial charge in [0.15, 0.2) is 0 Å². The minimum Gasteiger partial charge on any atom is -0.496 e. The van der Waals surface area contributed by atoms with Crippen LogP contribution in [0.3, 0.4) is 0 Å². The third-order valence-electron chi connectivity index (χ3n) is 4.40. The number of carbonyl (C=O) groups excluding carboxylic acids is 2. The van der Waals surface area contributed by atoms with Gasteiger partial charge in [-0.05, 0) is 36.6 Å². The Morgan fingerprint density at radius 3 is 2.69 bits per heavy atom. The summed E-state index contributed by atoms with van der Waals surface area (Å²) in [6.07, 6.45) is 1.34. The van der Waals surface area contributed by atoms with Crippen LogP contribution in [0.5, 0.6) is 5.75 Å². The second-order valence-corrected chi connectivity index (χ2v) is 6.53. The fourth-order valence-electron chi connectivity index (χ4n) is 3.08. The number of esters is 1. The van der Waals surface area contributed by atoms with Crippen molar-refractivity contribution in [1.82, 2.24) is 4.90 Å². The Morgan fingerprint density at radius 2 is 1.96 bits per heavy atom. The van der Waals surface area contributed by atoms with Crippen LogP contribution in [-0.2, 0) is 16.1 Å². The Morgan fingerprint density at radius 1 is 1.19 bits per heavy atom. The van der Waals surface area contributed by atoms with Gasteiger partial charge in [0.1, 0.15) is 18.4 Å². The number of halogens is 1. The first-order valence-electron chi connectivity index (χ1n) is 8.45. The number of likely N-dealkylation sites (tertiary alicyclic amines) is 1. The minimum atomic E-state index is -0.588. The molecular weight excluding hydrogens is 354 g/mol. The standard InChI is InChI=1S/C20H20ClNO4/c1-25-18-10-9-15(21)12-16(18)19(23)22-11-5-8-17(22)20(24)26-13-14-6-3-2-4-7-14/h2-4,6-7,9-10,12,17H,5,8,11,13H2,1H3/t17-/m1/s1. The fraction of sp³-hybridized carbons (Fsp3) is 0.300. The molecule has 0 aromatic heterocycles. The summed E-state index contributed by atoms with van der Waals surface area (Å²) in [6, 6.07) is 13.7. The molecule has 6 heteroatoms. The van der Waals surface area contributed by atoms with E-state index in [1.54, 1.807) is 23.1 Å². The maximum absolute atomic E-state index is 12.9. The molecule has 0 N–H and O–H groups in total. The number of hydrogen-bond acceptors (Lipinski definition) is 4. The van der Waals surface area contributed by atoms with Gasteiger partial charge in [-0.1, -0.05) is 41.9 Å². The van der Waals surface area contributed by atoms with Gasteiger partial charge in [-0.15, -0.1) is 0 Å². The average molecular weight is 374 g/mol. The number of benzene rings is 2. The molecule has 1 heterocycles. The summed E-state index contributed by atoms with van der Waals surface area (Å²) in [5.41, 5.74) is 1.26. The molecule has 0 radical (unpaired) electrons. The van der Waals surface area contributed by atoms with E-state index >= 15 is 0 Å². The molecule has 2 aromatic rings. The quantitative estimate of drug-likeness (QED) is 0.750. The van der Waals surface area contributed by atoms with Crippen LogP contribution in [0, 0.1) is 0 Å². The Kier molecular flexibility index (Phi) is 5.78. The molecule has 0 unspecified atom stereocenters. The van der Waals surface area contributed by atoms with Gasteiger partial charge in [0.25, 0.3) is 5.91 Å². The molecule has 3 rings (SSSR count). The third-order valence-corrected chi connectivity index (χ3v) is 4.64. The molecule has 0 bridgehead atoms. The van der Waals surface area contributed by atoms with Crippen molar-refractivity contribution in [3.63, 3.8) is 0 Å². The summed E-state index contributed by atoms with van der Waals surface area (Å²) in [5, 5.41) is 0.441. The Bertz CT molecular complexity index is 794. The molecule has 5 nitrogen and oxygen atoms in total. The smallest absolute Gasteiger partial charge is 0.329 e. The molecule has 0 saturated carbocycles. The number of nitrogens with zero attached hydrogens (tertiary/aromatic N) is 1.